The normalized spacial score (nSPS) is 12.1. The fourth-order valence-corrected chi connectivity index (χ4v) is 2.24. The molecule has 2 heterocycles. The number of hydrogen-bond acceptors (Lipinski definition) is 3. The molecular formula is C15H26ClN5. The van der Waals surface area contributed by atoms with E-state index in [1.165, 1.54) is 11.3 Å². The fourth-order valence-electron chi connectivity index (χ4n) is 2.24. The van der Waals surface area contributed by atoms with Crippen LogP contribution in [0.2, 0.25) is 0 Å². The van der Waals surface area contributed by atoms with Crippen LogP contribution in [0.15, 0.2) is 24.7 Å². The summed E-state index contributed by atoms with van der Waals surface area (Å²) in [4.78, 5) is 0. The van der Waals surface area contributed by atoms with E-state index in [0.29, 0.717) is 6.04 Å². The van der Waals surface area contributed by atoms with E-state index >= 15 is 0 Å². The first kappa shape index (κ1) is 17.7. The molecule has 2 aromatic heterocycles. The predicted molar refractivity (Wildman–Crippen MR) is 87.5 cm³/mol. The maximum Gasteiger partial charge on any atom is 0.0534 e. The van der Waals surface area contributed by atoms with Gasteiger partial charge in [0.05, 0.1) is 11.9 Å². The molecule has 2 aromatic rings. The van der Waals surface area contributed by atoms with Gasteiger partial charge in [0.2, 0.25) is 0 Å². The lowest BCUT2D eigenvalue weighted by atomic mass is 10.2. The maximum absolute atomic E-state index is 4.40. The van der Waals surface area contributed by atoms with Gasteiger partial charge in [-0.15, -0.1) is 12.4 Å². The second kappa shape index (κ2) is 8.85. The summed E-state index contributed by atoms with van der Waals surface area (Å²) in [5, 5.41) is 12.2. The molecule has 1 N–H and O–H groups in total. The second-order valence-electron chi connectivity index (χ2n) is 5.24. The average molecular weight is 312 g/mol. The van der Waals surface area contributed by atoms with Gasteiger partial charge in [0.25, 0.3) is 0 Å². The van der Waals surface area contributed by atoms with Gasteiger partial charge in [0.15, 0.2) is 0 Å². The molecular weight excluding hydrogens is 286 g/mol. The van der Waals surface area contributed by atoms with Crippen LogP contribution in [0.5, 0.6) is 0 Å². The van der Waals surface area contributed by atoms with E-state index < -0.39 is 0 Å². The highest BCUT2D eigenvalue weighted by atomic mass is 35.5. The first-order valence-corrected chi connectivity index (χ1v) is 7.49. The Morgan fingerprint density at radius 2 is 2.05 bits per heavy atom. The summed E-state index contributed by atoms with van der Waals surface area (Å²) in [5.74, 6) is 0. The van der Waals surface area contributed by atoms with E-state index in [1.807, 2.05) is 17.1 Å². The monoisotopic (exact) mass is 311 g/mol. The van der Waals surface area contributed by atoms with E-state index in [9.17, 15) is 0 Å². The lowest BCUT2D eigenvalue weighted by Crippen LogP contribution is -2.18. The lowest BCUT2D eigenvalue weighted by Gasteiger charge is -2.13. The number of halogens is 1. The molecule has 0 aliphatic carbocycles. The molecule has 0 aliphatic heterocycles. The summed E-state index contributed by atoms with van der Waals surface area (Å²) < 4.78 is 4.11. The first-order chi connectivity index (χ1) is 9.74. The quantitative estimate of drug-likeness (QED) is 0.814. The van der Waals surface area contributed by atoms with Crippen LogP contribution in [0.1, 0.15) is 50.9 Å². The summed E-state index contributed by atoms with van der Waals surface area (Å²) in [6.45, 7) is 9.21. The number of rotatable bonds is 8. The molecule has 1 atom stereocenters. The van der Waals surface area contributed by atoms with Gasteiger partial charge >= 0.3 is 0 Å². The van der Waals surface area contributed by atoms with Gasteiger partial charge in [0, 0.05) is 43.6 Å². The zero-order valence-electron chi connectivity index (χ0n) is 13.1. The fraction of sp³-hybridized carbons (Fsp3) is 0.600. The number of hydrogen-bond donors (Lipinski definition) is 1. The Kier molecular flexibility index (Phi) is 7.47. The van der Waals surface area contributed by atoms with Gasteiger partial charge in [-0.2, -0.15) is 10.2 Å². The molecule has 0 aliphatic rings. The van der Waals surface area contributed by atoms with Crippen LogP contribution < -0.4 is 5.32 Å². The molecule has 0 radical (unpaired) electrons. The minimum atomic E-state index is 0. The molecule has 0 saturated heterocycles. The summed E-state index contributed by atoms with van der Waals surface area (Å²) in [7, 11) is 0. The van der Waals surface area contributed by atoms with Crippen molar-refractivity contribution >= 4 is 12.4 Å². The Morgan fingerprint density at radius 1 is 1.24 bits per heavy atom. The topological polar surface area (TPSA) is 47.7 Å². The molecule has 118 valence electrons. The van der Waals surface area contributed by atoms with Crippen LogP contribution in [-0.2, 0) is 19.6 Å². The summed E-state index contributed by atoms with van der Waals surface area (Å²) in [5.41, 5.74) is 2.47. The van der Waals surface area contributed by atoms with Gasteiger partial charge in [-0.1, -0.05) is 13.8 Å². The Labute approximate surface area is 133 Å². The molecule has 5 nitrogen and oxygen atoms in total. The Morgan fingerprint density at radius 3 is 2.76 bits per heavy atom. The second-order valence-corrected chi connectivity index (χ2v) is 5.24. The molecule has 21 heavy (non-hydrogen) atoms. The third-order valence-corrected chi connectivity index (χ3v) is 3.54. The van der Waals surface area contributed by atoms with Crippen molar-refractivity contribution in [2.24, 2.45) is 0 Å². The van der Waals surface area contributed by atoms with Crippen molar-refractivity contribution in [2.75, 3.05) is 0 Å². The Hall–Kier alpha value is -1.33. The van der Waals surface area contributed by atoms with Crippen molar-refractivity contribution in [3.63, 3.8) is 0 Å². The van der Waals surface area contributed by atoms with Gasteiger partial charge in [-0.05, 0) is 25.8 Å². The summed E-state index contributed by atoms with van der Waals surface area (Å²) >= 11 is 0. The maximum atomic E-state index is 4.40. The zero-order valence-corrected chi connectivity index (χ0v) is 13.9. The number of aromatic nitrogens is 4. The number of nitrogens with zero attached hydrogens (tertiary/aromatic N) is 4. The number of nitrogens with one attached hydrogen (secondary N) is 1. The van der Waals surface area contributed by atoms with Crippen LogP contribution in [0.4, 0.5) is 0 Å². The van der Waals surface area contributed by atoms with E-state index in [0.717, 1.165) is 32.5 Å². The van der Waals surface area contributed by atoms with Crippen LogP contribution in [0.3, 0.4) is 0 Å². The molecule has 0 saturated carbocycles. The van der Waals surface area contributed by atoms with Crippen molar-refractivity contribution in [1.82, 2.24) is 24.9 Å². The van der Waals surface area contributed by atoms with Crippen LogP contribution in [0.25, 0.3) is 0 Å². The lowest BCUT2D eigenvalue weighted by molar-refractivity contribution is 0.451. The van der Waals surface area contributed by atoms with E-state index in [1.54, 1.807) is 0 Å². The summed E-state index contributed by atoms with van der Waals surface area (Å²) in [6, 6.07) is 2.54. The van der Waals surface area contributed by atoms with Crippen LogP contribution >= 0.6 is 12.4 Å². The molecule has 0 aromatic carbocycles. The van der Waals surface area contributed by atoms with Gasteiger partial charge in [0.1, 0.15) is 0 Å². The Balaban J connectivity index is 0.00000220. The van der Waals surface area contributed by atoms with Crippen LogP contribution in [0, 0.1) is 0 Å². The molecule has 0 fully saturated rings. The van der Waals surface area contributed by atoms with Gasteiger partial charge in [-0.25, -0.2) is 0 Å². The molecule has 1 unspecified atom stereocenters. The SMILES string of the molecule is CCCn1cc(CNCc2ccnn2C(C)CC)cn1.Cl. The minimum Gasteiger partial charge on any atom is -0.307 e. The molecule has 0 spiro atoms. The largest absolute Gasteiger partial charge is 0.307 e. The zero-order chi connectivity index (χ0) is 14.4. The smallest absolute Gasteiger partial charge is 0.0534 e. The van der Waals surface area contributed by atoms with Crippen molar-refractivity contribution in [2.45, 2.75) is 59.3 Å². The summed E-state index contributed by atoms with van der Waals surface area (Å²) in [6.07, 6.45) is 8.14. The average Bonchev–Trinajstić information content (AvgIpc) is 3.08. The van der Waals surface area contributed by atoms with E-state index in [2.05, 4.69) is 53.2 Å². The highest BCUT2D eigenvalue weighted by Crippen LogP contribution is 2.12. The molecule has 0 bridgehead atoms. The van der Waals surface area contributed by atoms with Crippen molar-refractivity contribution in [1.29, 1.82) is 0 Å². The van der Waals surface area contributed by atoms with Crippen molar-refractivity contribution in [3.05, 3.63) is 35.9 Å². The minimum absolute atomic E-state index is 0. The van der Waals surface area contributed by atoms with Gasteiger partial charge in [-0.3, -0.25) is 9.36 Å². The highest BCUT2D eigenvalue weighted by molar-refractivity contribution is 5.85. The van der Waals surface area contributed by atoms with Crippen molar-refractivity contribution in [3.8, 4) is 0 Å². The standard InChI is InChI=1S/C15H25N5.ClH/c1-4-8-19-12-14(10-18-19)9-16-11-15-6-7-17-20(15)13(3)5-2;/h6-7,10,12-13,16H,4-5,8-9,11H2,1-3H3;1H. The Bertz CT molecular complexity index is 520. The van der Waals surface area contributed by atoms with Crippen molar-refractivity contribution < 1.29 is 0 Å². The molecule has 2 rings (SSSR count). The third kappa shape index (κ3) is 4.86. The highest BCUT2D eigenvalue weighted by Gasteiger charge is 2.07. The van der Waals surface area contributed by atoms with Crippen LogP contribution in [-0.4, -0.2) is 19.6 Å². The first-order valence-electron chi connectivity index (χ1n) is 7.49. The predicted octanol–water partition coefficient (Wildman–Crippen LogP) is 3.17. The molecule has 6 heteroatoms. The van der Waals surface area contributed by atoms with E-state index in [-0.39, 0.29) is 12.4 Å². The van der Waals surface area contributed by atoms with Gasteiger partial charge < -0.3 is 5.32 Å². The third-order valence-electron chi connectivity index (χ3n) is 3.54. The van der Waals surface area contributed by atoms with E-state index in [4.69, 9.17) is 0 Å². The molecule has 0 amide bonds. The number of aryl methyl sites for hydroxylation is 1.